The largest absolute Gasteiger partial charge is 0.466 e. The zero-order chi connectivity index (χ0) is 11.1. The van der Waals surface area contributed by atoms with Crippen molar-refractivity contribution in [1.29, 1.82) is 0 Å². The van der Waals surface area contributed by atoms with Gasteiger partial charge in [-0.3, -0.25) is 9.59 Å². The van der Waals surface area contributed by atoms with Crippen LogP contribution in [0.3, 0.4) is 0 Å². The number of rotatable bonds is 1. The van der Waals surface area contributed by atoms with Crippen molar-refractivity contribution in [3.63, 3.8) is 0 Å². The third-order valence-electron chi connectivity index (χ3n) is 0.937. The third kappa shape index (κ3) is 14.3. The summed E-state index contributed by atoms with van der Waals surface area (Å²) in [5.74, 6) is -0.211. The second-order valence-electron chi connectivity index (χ2n) is 3.45. The molecule has 0 aromatic rings. The van der Waals surface area contributed by atoms with Crippen LogP contribution >= 0.6 is 11.6 Å². The van der Waals surface area contributed by atoms with Gasteiger partial charge in [0.2, 0.25) is 5.24 Å². The van der Waals surface area contributed by atoms with Crippen LogP contribution in [0.4, 0.5) is 0 Å². The van der Waals surface area contributed by atoms with Crippen LogP contribution < -0.4 is 0 Å². The molecule has 0 spiro atoms. The molecule has 0 aromatic carbocycles. The Bertz CT molecular complexity index is 170. The summed E-state index contributed by atoms with van der Waals surface area (Å²) in [5.41, 5.74) is -0.373. The summed E-state index contributed by atoms with van der Waals surface area (Å²) < 4.78 is 4.40. The first-order valence-electron chi connectivity index (χ1n) is 4.05. The molecule has 0 saturated heterocycles. The van der Waals surface area contributed by atoms with Crippen molar-refractivity contribution in [3.05, 3.63) is 0 Å². The Balaban J connectivity index is 0. The average Bonchev–Trinajstić information content (AvgIpc) is 1.85. The van der Waals surface area contributed by atoms with Gasteiger partial charge < -0.3 is 4.74 Å². The van der Waals surface area contributed by atoms with Crippen molar-refractivity contribution >= 4 is 22.8 Å². The molecule has 0 amide bonds. The first-order chi connectivity index (χ1) is 5.71. The van der Waals surface area contributed by atoms with Crippen LogP contribution in [0.2, 0.25) is 0 Å². The maximum atomic E-state index is 10.2. The van der Waals surface area contributed by atoms with E-state index in [0.29, 0.717) is 6.61 Å². The highest BCUT2D eigenvalue weighted by Gasteiger charge is 2.17. The lowest BCUT2D eigenvalue weighted by Gasteiger charge is -2.08. The van der Waals surface area contributed by atoms with Gasteiger partial charge in [-0.2, -0.15) is 0 Å². The monoisotopic (exact) mass is 208 g/mol. The topological polar surface area (TPSA) is 43.4 Å². The second-order valence-corrected chi connectivity index (χ2v) is 3.79. The van der Waals surface area contributed by atoms with Crippen LogP contribution in [-0.4, -0.2) is 17.8 Å². The van der Waals surface area contributed by atoms with E-state index >= 15 is 0 Å². The van der Waals surface area contributed by atoms with Gasteiger partial charge in [-0.05, 0) is 18.5 Å². The Kier molecular flexibility index (Phi) is 7.92. The SMILES string of the molecule is CC(C)(C)C(=O)Cl.CCOC(C)=O. The summed E-state index contributed by atoms with van der Waals surface area (Å²) in [4.78, 5) is 20.1. The van der Waals surface area contributed by atoms with Gasteiger partial charge in [-0.25, -0.2) is 0 Å². The number of esters is 1. The molecule has 0 aliphatic heterocycles. The molecule has 0 heterocycles. The number of ether oxygens (including phenoxy) is 1. The standard InChI is InChI=1S/C5H9ClO.C4H8O2/c1-5(2,3)4(6)7;1-3-6-4(2)5/h1-3H3;3H2,1-2H3. The van der Waals surface area contributed by atoms with Crippen molar-refractivity contribution in [2.75, 3.05) is 6.61 Å². The van der Waals surface area contributed by atoms with Gasteiger partial charge in [0.25, 0.3) is 0 Å². The van der Waals surface area contributed by atoms with Gasteiger partial charge >= 0.3 is 5.97 Å². The normalized spacial score (nSPS) is 9.69. The molecule has 78 valence electrons. The van der Waals surface area contributed by atoms with Crippen LogP contribution in [-0.2, 0) is 14.3 Å². The predicted octanol–water partition coefficient (Wildman–Crippen LogP) is 2.37. The molecule has 0 aliphatic carbocycles. The van der Waals surface area contributed by atoms with Crippen molar-refractivity contribution in [2.24, 2.45) is 5.41 Å². The van der Waals surface area contributed by atoms with Crippen LogP contribution in [0.5, 0.6) is 0 Å². The number of halogens is 1. The number of hydrogen-bond acceptors (Lipinski definition) is 3. The van der Waals surface area contributed by atoms with Crippen LogP contribution in [0.25, 0.3) is 0 Å². The summed E-state index contributed by atoms with van der Waals surface area (Å²) in [6.45, 7) is 8.99. The zero-order valence-corrected chi connectivity index (χ0v) is 9.57. The summed E-state index contributed by atoms with van der Waals surface area (Å²) in [7, 11) is 0. The smallest absolute Gasteiger partial charge is 0.302 e. The Morgan fingerprint density at radius 3 is 1.62 bits per heavy atom. The van der Waals surface area contributed by atoms with Crippen LogP contribution in [0, 0.1) is 5.41 Å². The van der Waals surface area contributed by atoms with Gasteiger partial charge in [-0.1, -0.05) is 20.8 Å². The maximum Gasteiger partial charge on any atom is 0.302 e. The minimum atomic E-state index is -0.373. The molecule has 3 nitrogen and oxygen atoms in total. The van der Waals surface area contributed by atoms with Crippen molar-refractivity contribution in [2.45, 2.75) is 34.6 Å². The molecular weight excluding hydrogens is 192 g/mol. The number of carbonyl (C=O) groups is 2. The Morgan fingerprint density at radius 2 is 1.62 bits per heavy atom. The molecule has 13 heavy (non-hydrogen) atoms. The Labute approximate surface area is 84.4 Å². The fourth-order valence-corrected chi connectivity index (χ4v) is 0.203. The molecule has 0 radical (unpaired) electrons. The quantitative estimate of drug-likeness (QED) is 0.491. The molecule has 0 fully saturated rings. The first kappa shape index (κ1) is 14.9. The predicted molar refractivity (Wildman–Crippen MR) is 52.6 cm³/mol. The average molecular weight is 209 g/mol. The number of hydrogen-bond donors (Lipinski definition) is 0. The molecule has 0 N–H and O–H groups in total. The van der Waals surface area contributed by atoms with Crippen molar-refractivity contribution in [3.8, 4) is 0 Å². The lowest BCUT2D eigenvalue weighted by Crippen LogP contribution is -2.13. The minimum Gasteiger partial charge on any atom is -0.466 e. The molecule has 0 atom stereocenters. The summed E-state index contributed by atoms with van der Waals surface area (Å²) in [5, 5.41) is -0.285. The molecule has 0 aliphatic rings. The third-order valence-corrected chi connectivity index (χ3v) is 1.50. The van der Waals surface area contributed by atoms with Gasteiger partial charge in [0.1, 0.15) is 0 Å². The highest BCUT2D eigenvalue weighted by atomic mass is 35.5. The van der Waals surface area contributed by atoms with Gasteiger partial charge in [0.15, 0.2) is 0 Å². The Morgan fingerprint density at radius 1 is 1.31 bits per heavy atom. The van der Waals surface area contributed by atoms with E-state index < -0.39 is 0 Å². The molecule has 0 saturated carbocycles. The fourth-order valence-electron chi connectivity index (χ4n) is 0.203. The summed E-state index contributed by atoms with van der Waals surface area (Å²) in [6, 6.07) is 0. The minimum absolute atomic E-state index is 0.211. The zero-order valence-electron chi connectivity index (χ0n) is 8.81. The second kappa shape index (κ2) is 6.89. The lowest BCUT2D eigenvalue weighted by molar-refractivity contribution is -0.140. The summed E-state index contributed by atoms with van der Waals surface area (Å²) >= 11 is 5.11. The van der Waals surface area contributed by atoms with E-state index in [1.165, 1.54) is 6.92 Å². The van der Waals surface area contributed by atoms with E-state index in [1.54, 1.807) is 27.7 Å². The van der Waals surface area contributed by atoms with Crippen molar-refractivity contribution < 1.29 is 14.3 Å². The highest BCUT2D eigenvalue weighted by Crippen LogP contribution is 2.15. The van der Waals surface area contributed by atoms with Crippen molar-refractivity contribution in [1.82, 2.24) is 0 Å². The molecule has 0 unspecified atom stereocenters. The lowest BCUT2D eigenvalue weighted by atomic mass is 10.00. The van der Waals surface area contributed by atoms with E-state index in [2.05, 4.69) is 4.74 Å². The highest BCUT2D eigenvalue weighted by molar-refractivity contribution is 6.64. The van der Waals surface area contributed by atoms with Crippen LogP contribution in [0.1, 0.15) is 34.6 Å². The van der Waals surface area contributed by atoms with E-state index in [1.807, 2.05) is 0 Å². The molecule has 0 rings (SSSR count). The Hall–Kier alpha value is -0.570. The van der Waals surface area contributed by atoms with E-state index in [4.69, 9.17) is 11.6 Å². The van der Waals surface area contributed by atoms with Crippen LogP contribution in [0.15, 0.2) is 0 Å². The van der Waals surface area contributed by atoms with E-state index in [0.717, 1.165) is 0 Å². The van der Waals surface area contributed by atoms with Gasteiger partial charge in [0.05, 0.1) is 6.61 Å². The first-order valence-corrected chi connectivity index (χ1v) is 4.43. The fraction of sp³-hybridized carbons (Fsp3) is 0.778. The molecule has 0 bridgehead atoms. The number of carbonyl (C=O) groups excluding carboxylic acids is 2. The molecular formula is C9H17ClO3. The van der Waals surface area contributed by atoms with Gasteiger partial charge in [-0.15, -0.1) is 0 Å². The van der Waals surface area contributed by atoms with Gasteiger partial charge in [0, 0.05) is 12.3 Å². The van der Waals surface area contributed by atoms with E-state index in [-0.39, 0.29) is 16.6 Å². The molecule has 0 aromatic heterocycles. The van der Waals surface area contributed by atoms with E-state index in [9.17, 15) is 9.59 Å². The molecule has 4 heteroatoms. The summed E-state index contributed by atoms with van der Waals surface area (Å²) in [6.07, 6.45) is 0. The maximum absolute atomic E-state index is 10.2.